The van der Waals surface area contributed by atoms with Crippen LogP contribution >= 0.6 is 11.6 Å². The Morgan fingerprint density at radius 2 is 1.94 bits per heavy atom. The Kier molecular flexibility index (Phi) is 11.0. The summed E-state index contributed by atoms with van der Waals surface area (Å²) in [4.78, 5) is 15.9. The van der Waals surface area contributed by atoms with E-state index in [1.165, 1.54) is 11.1 Å². The topological polar surface area (TPSA) is 122 Å². The van der Waals surface area contributed by atoms with Crippen LogP contribution in [0.2, 0.25) is 5.02 Å². The van der Waals surface area contributed by atoms with Crippen molar-refractivity contribution in [2.75, 3.05) is 31.1 Å². The van der Waals surface area contributed by atoms with E-state index < -0.39 is 26.8 Å². The lowest BCUT2D eigenvalue weighted by molar-refractivity contribution is -0.104. The number of hydrogen-bond donors (Lipinski definition) is 3. The van der Waals surface area contributed by atoms with Crippen molar-refractivity contribution >= 4 is 33.2 Å². The summed E-state index contributed by atoms with van der Waals surface area (Å²) >= 11 is 6.46. The van der Waals surface area contributed by atoms with E-state index in [-0.39, 0.29) is 23.2 Å². The quantitative estimate of drug-likeness (QED) is 0.295. The molecule has 2 aliphatic carbocycles. The molecule has 0 saturated heterocycles. The van der Waals surface area contributed by atoms with Crippen LogP contribution < -0.4 is 20.1 Å². The van der Waals surface area contributed by atoms with Crippen LogP contribution in [-0.2, 0) is 21.9 Å². The molecule has 2 aromatic rings. The summed E-state index contributed by atoms with van der Waals surface area (Å²) < 4.78 is 36.0. The molecule has 1 amide bonds. The van der Waals surface area contributed by atoms with Gasteiger partial charge >= 0.3 is 0 Å². The average molecular weight is 714 g/mol. The molecule has 4 aliphatic rings. The first kappa shape index (κ1) is 36.5. The third-order valence-corrected chi connectivity index (χ3v) is 14.8. The number of hydrogen-bond acceptors (Lipinski definition) is 7. The summed E-state index contributed by atoms with van der Waals surface area (Å²) in [5, 5.41) is 12.7. The van der Waals surface area contributed by atoms with Crippen molar-refractivity contribution in [2.24, 2.45) is 29.4 Å². The molecule has 0 radical (unpaired) electrons. The van der Waals surface area contributed by atoms with Gasteiger partial charge in [-0.1, -0.05) is 44.4 Å². The number of carbonyl (C=O) groups is 1. The molecule has 270 valence electrons. The van der Waals surface area contributed by atoms with Gasteiger partial charge in [0.2, 0.25) is 10.0 Å². The number of fused-ring (bicyclic) bond motifs is 4. The minimum Gasteiger partial charge on any atom is -0.490 e. The van der Waals surface area contributed by atoms with Crippen molar-refractivity contribution < 1.29 is 23.1 Å². The van der Waals surface area contributed by atoms with Crippen molar-refractivity contribution in [3.8, 4) is 5.75 Å². The van der Waals surface area contributed by atoms with Gasteiger partial charge in [-0.2, -0.15) is 0 Å². The lowest BCUT2D eigenvalue weighted by atomic mass is 9.60. The highest BCUT2D eigenvalue weighted by Gasteiger charge is 2.49. The molecule has 1 fully saturated rings. The lowest BCUT2D eigenvalue weighted by Crippen LogP contribution is -2.53. The molecule has 49 heavy (non-hydrogen) atoms. The number of sulfonamides is 1. The van der Waals surface area contributed by atoms with Crippen LogP contribution in [0.1, 0.15) is 113 Å². The normalized spacial score (nSPS) is 32.1. The van der Waals surface area contributed by atoms with E-state index >= 15 is 0 Å². The Hall–Kier alpha value is -2.33. The van der Waals surface area contributed by atoms with Crippen molar-refractivity contribution in [3.63, 3.8) is 0 Å². The van der Waals surface area contributed by atoms with Crippen LogP contribution in [-0.4, -0.2) is 56.5 Å². The number of ether oxygens (including phenoxy) is 1. The number of halogens is 1. The van der Waals surface area contributed by atoms with Crippen LogP contribution in [0.4, 0.5) is 5.69 Å². The average Bonchev–Trinajstić information content (AvgIpc) is 3.20. The third-order valence-electron chi connectivity index (χ3n) is 12.7. The van der Waals surface area contributed by atoms with E-state index in [2.05, 4.69) is 28.7 Å². The van der Waals surface area contributed by atoms with Gasteiger partial charge in [-0.25, -0.2) is 13.1 Å². The minimum atomic E-state index is -3.94. The highest BCUT2D eigenvalue weighted by atomic mass is 35.5. The van der Waals surface area contributed by atoms with Gasteiger partial charge in [0, 0.05) is 29.1 Å². The molecule has 1 spiro atoms. The maximum atomic E-state index is 13.6. The van der Waals surface area contributed by atoms with Gasteiger partial charge in [0.05, 0.1) is 23.1 Å². The molecular weight excluding hydrogens is 658 g/mol. The summed E-state index contributed by atoms with van der Waals surface area (Å²) in [6.07, 6.45) is 10.7. The highest BCUT2D eigenvalue weighted by Crippen LogP contribution is 2.50. The number of nitrogens with one attached hydrogen (secondary N) is 1. The Labute approximate surface area is 298 Å². The molecule has 2 heterocycles. The zero-order valence-electron chi connectivity index (χ0n) is 29.6. The second-order valence-corrected chi connectivity index (χ2v) is 18.3. The molecule has 6 rings (SSSR count). The number of nitrogens with zero attached hydrogens (tertiary/aromatic N) is 1. The first-order valence-electron chi connectivity index (χ1n) is 18.7. The molecule has 2 bridgehead atoms. The largest absolute Gasteiger partial charge is 0.490 e. The van der Waals surface area contributed by atoms with Crippen LogP contribution in [0.5, 0.6) is 5.75 Å². The fourth-order valence-corrected chi connectivity index (χ4v) is 10.9. The number of aryl methyl sites for hydroxylation is 1. The van der Waals surface area contributed by atoms with Crippen molar-refractivity contribution in [1.82, 2.24) is 4.72 Å². The van der Waals surface area contributed by atoms with Gasteiger partial charge in [-0.3, -0.25) is 4.79 Å². The number of carbonyl (C=O) groups excluding carboxylic acids is 1. The predicted molar refractivity (Wildman–Crippen MR) is 197 cm³/mol. The number of rotatable bonds is 6. The molecule has 2 aromatic carbocycles. The Balaban J connectivity index is 1.42. The fraction of sp³-hybridized carbons (Fsp3) is 0.667. The van der Waals surface area contributed by atoms with Crippen LogP contribution in [0, 0.1) is 23.7 Å². The second kappa shape index (κ2) is 14.7. The Morgan fingerprint density at radius 3 is 2.67 bits per heavy atom. The van der Waals surface area contributed by atoms with E-state index in [4.69, 9.17) is 22.1 Å². The monoisotopic (exact) mass is 713 g/mol. The predicted octanol–water partition coefficient (Wildman–Crippen LogP) is 6.99. The molecule has 7 atom stereocenters. The van der Waals surface area contributed by atoms with Gasteiger partial charge in [-0.15, -0.1) is 0 Å². The first-order chi connectivity index (χ1) is 23.4. The summed E-state index contributed by atoms with van der Waals surface area (Å²) in [7, 11) is -3.94. The second-order valence-electron chi connectivity index (χ2n) is 15.8. The summed E-state index contributed by atoms with van der Waals surface area (Å²) in [6, 6.07) is 11.5. The van der Waals surface area contributed by atoms with E-state index in [1.54, 1.807) is 13.0 Å². The maximum absolute atomic E-state index is 13.6. The molecule has 0 unspecified atom stereocenters. The summed E-state index contributed by atoms with van der Waals surface area (Å²) in [5.74, 6) is 0.686. The third kappa shape index (κ3) is 7.51. The molecule has 10 heteroatoms. The minimum absolute atomic E-state index is 0.135. The number of nitrogens with two attached hydrogens (primary N) is 1. The molecule has 2 aliphatic heterocycles. The zero-order chi connectivity index (χ0) is 35.0. The van der Waals surface area contributed by atoms with Gasteiger partial charge in [0.1, 0.15) is 5.75 Å². The van der Waals surface area contributed by atoms with E-state index in [0.717, 1.165) is 81.5 Å². The van der Waals surface area contributed by atoms with Gasteiger partial charge in [-0.05, 0) is 143 Å². The Bertz CT molecular complexity index is 1620. The van der Waals surface area contributed by atoms with Crippen molar-refractivity contribution in [2.45, 2.75) is 114 Å². The van der Waals surface area contributed by atoms with Gasteiger partial charge < -0.3 is 20.5 Å². The van der Waals surface area contributed by atoms with Crippen LogP contribution in [0.25, 0.3) is 0 Å². The molecule has 4 N–H and O–H groups in total. The Morgan fingerprint density at radius 1 is 1.12 bits per heavy atom. The number of aliphatic hydroxyl groups is 1. The SMILES string of the molecule is CC[C@@H](CCCN)C[C@@]1(O)CCC[C@H](C)[C@@H](C)S(=O)(=O)NC(=O)c2ccc3c(c2)N(C[C@@H]2CC[C@H]21)C[C@@]1(CCCc2cc(Cl)ccc21)CO3. The zero-order valence-corrected chi connectivity index (χ0v) is 31.1. The fourth-order valence-electron chi connectivity index (χ4n) is 9.38. The molecule has 0 aromatic heterocycles. The van der Waals surface area contributed by atoms with E-state index in [9.17, 15) is 18.3 Å². The molecular formula is C39H56ClN3O5S. The van der Waals surface area contributed by atoms with Gasteiger partial charge in [0.15, 0.2) is 0 Å². The maximum Gasteiger partial charge on any atom is 0.264 e. The van der Waals surface area contributed by atoms with Crippen LogP contribution in [0.3, 0.4) is 0 Å². The molecule has 1 saturated carbocycles. The smallest absolute Gasteiger partial charge is 0.264 e. The van der Waals surface area contributed by atoms with Crippen molar-refractivity contribution in [1.29, 1.82) is 0 Å². The lowest BCUT2D eigenvalue weighted by Gasteiger charge is -2.51. The van der Waals surface area contributed by atoms with Crippen LogP contribution in [0.15, 0.2) is 36.4 Å². The van der Waals surface area contributed by atoms with Gasteiger partial charge in [0.25, 0.3) is 5.91 Å². The summed E-state index contributed by atoms with van der Waals surface area (Å²) in [6.45, 7) is 8.39. The first-order valence-corrected chi connectivity index (χ1v) is 20.6. The number of benzene rings is 2. The van der Waals surface area contributed by atoms with Crippen molar-refractivity contribution in [3.05, 3.63) is 58.1 Å². The van der Waals surface area contributed by atoms with E-state index in [0.29, 0.717) is 49.8 Å². The number of anilines is 1. The van der Waals surface area contributed by atoms with E-state index in [1.807, 2.05) is 25.1 Å². The number of amides is 1. The summed E-state index contributed by atoms with van der Waals surface area (Å²) in [5.41, 5.74) is 8.41. The molecule has 8 nitrogen and oxygen atoms in total. The standard InChI is InChI=1S/C39H56ClN3O5S/c1-4-28(9-7-19-41)22-39(45)18-5-8-26(2)27(3)49(46,47)42-37(44)30-12-16-36-35(21-30)43(23-31-11-14-34(31)39)24-38(25-48-36)17-6-10-29-20-32(40)13-15-33(29)38/h12-13,15-16,20-21,26-28,31,34,45H,4-11,14,17-19,22-25,41H2,1-3H3,(H,42,44)/t26-,27+,28-,31-,34+,38-,39-/m0/s1. The highest BCUT2D eigenvalue weighted by molar-refractivity contribution is 7.90.